The minimum atomic E-state index is -0.422. The molecule has 0 aliphatic heterocycles. The summed E-state index contributed by atoms with van der Waals surface area (Å²) in [6.45, 7) is 7.81. The van der Waals surface area contributed by atoms with E-state index >= 15 is 0 Å². The van der Waals surface area contributed by atoms with Crippen LogP contribution in [0.25, 0.3) is 10.9 Å². The van der Waals surface area contributed by atoms with Crippen LogP contribution in [-0.4, -0.2) is 20.7 Å². The number of benzene rings is 2. The topological polar surface area (TPSA) is 64.0 Å². The van der Waals surface area contributed by atoms with E-state index < -0.39 is 5.25 Å². The van der Waals surface area contributed by atoms with Gasteiger partial charge < -0.3 is 5.32 Å². The number of thioether (sulfide) groups is 1. The van der Waals surface area contributed by atoms with Crippen molar-refractivity contribution in [2.24, 2.45) is 0 Å². The van der Waals surface area contributed by atoms with Crippen molar-refractivity contribution in [3.8, 4) is 0 Å². The molecule has 6 heteroatoms. The van der Waals surface area contributed by atoms with Gasteiger partial charge >= 0.3 is 0 Å². The summed E-state index contributed by atoms with van der Waals surface area (Å²) >= 11 is 1.26. The summed E-state index contributed by atoms with van der Waals surface area (Å²) in [6.07, 6.45) is 1.65. The predicted molar refractivity (Wildman–Crippen MR) is 111 cm³/mol. The normalized spacial score (nSPS) is 11.9. The molecule has 0 saturated heterocycles. The first-order valence-electron chi connectivity index (χ1n) is 8.65. The molecule has 0 aliphatic carbocycles. The van der Waals surface area contributed by atoms with Crippen LogP contribution in [0.1, 0.15) is 12.5 Å². The van der Waals surface area contributed by atoms with Crippen LogP contribution in [0.3, 0.4) is 0 Å². The van der Waals surface area contributed by atoms with E-state index in [0.717, 1.165) is 11.3 Å². The summed E-state index contributed by atoms with van der Waals surface area (Å²) in [6, 6.07) is 14.8. The largest absolute Gasteiger partial charge is 0.325 e. The number of nitrogens with one attached hydrogen (secondary N) is 1. The van der Waals surface area contributed by atoms with E-state index in [1.54, 1.807) is 29.7 Å². The number of carbonyl (C=O) groups excluding carboxylic acids is 1. The molecule has 1 heterocycles. The molecule has 0 aliphatic rings. The van der Waals surface area contributed by atoms with Crippen LogP contribution in [-0.2, 0) is 11.3 Å². The average molecular weight is 379 g/mol. The third-order valence-electron chi connectivity index (χ3n) is 4.19. The Morgan fingerprint density at radius 2 is 1.96 bits per heavy atom. The number of rotatable bonds is 6. The van der Waals surface area contributed by atoms with Gasteiger partial charge in [0.25, 0.3) is 5.56 Å². The van der Waals surface area contributed by atoms with E-state index in [1.165, 1.54) is 11.8 Å². The molecule has 27 heavy (non-hydrogen) atoms. The lowest BCUT2D eigenvalue weighted by Gasteiger charge is -2.16. The van der Waals surface area contributed by atoms with E-state index in [4.69, 9.17) is 0 Å². The molecule has 1 amide bonds. The molecule has 1 unspecified atom stereocenters. The standard InChI is InChI=1S/C21H21N3O2S/c1-4-13-24-20(26)16-10-6-8-12-18(16)23-21(24)27-15(3)19(25)22-17-11-7-5-9-14(17)2/h4-12,15H,1,13H2,2-3H3,(H,22,25). The van der Waals surface area contributed by atoms with Crippen LogP contribution in [0.5, 0.6) is 0 Å². The van der Waals surface area contributed by atoms with Crippen LogP contribution in [0.2, 0.25) is 0 Å². The number of aryl methyl sites for hydroxylation is 1. The highest BCUT2D eigenvalue weighted by molar-refractivity contribution is 8.00. The van der Waals surface area contributed by atoms with Gasteiger partial charge in [-0.15, -0.1) is 6.58 Å². The lowest BCUT2D eigenvalue weighted by atomic mass is 10.2. The van der Waals surface area contributed by atoms with Crippen molar-refractivity contribution < 1.29 is 4.79 Å². The van der Waals surface area contributed by atoms with E-state index in [-0.39, 0.29) is 11.5 Å². The Kier molecular flexibility index (Phi) is 5.76. The highest BCUT2D eigenvalue weighted by Crippen LogP contribution is 2.24. The fourth-order valence-corrected chi connectivity index (χ4v) is 3.60. The van der Waals surface area contributed by atoms with Crippen LogP contribution >= 0.6 is 11.8 Å². The summed E-state index contributed by atoms with van der Waals surface area (Å²) in [4.78, 5) is 30.0. The molecule has 2 aromatic carbocycles. The average Bonchev–Trinajstić information content (AvgIpc) is 2.66. The number of aromatic nitrogens is 2. The molecular weight excluding hydrogens is 358 g/mol. The Morgan fingerprint density at radius 1 is 1.26 bits per heavy atom. The molecule has 1 atom stereocenters. The van der Waals surface area contributed by atoms with Crippen molar-refractivity contribution in [2.45, 2.75) is 30.8 Å². The minimum absolute atomic E-state index is 0.130. The maximum absolute atomic E-state index is 12.8. The molecule has 0 radical (unpaired) electrons. The predicted octanol–water partition coefficient (Wildman–Crippen LogP) is 4.01. The van der Waals surface area contributed by atoms with Gasteiger partial charge in [-0.25, -0.2) is 4.98 Å². The highest BCUT2D eigenvalue weighted by atomic mass is 32.2. The monoisotopic (exact) mass is 379 g/mol. The second-order valence-electron chi connectivity index (χ2n) is 6.18. The zero-order valence-electron chi connectivity index (χ0n) is 15.3. The maximum atomic E-state index is 12.8. The second kappa shape index (κ2) is 8.22. The van der Waals surface area contributed by atoms with Gasteiger partial charge in [0.15, 0.2) is 5.16 Å². The first-order chi connectivity index (χ1) is 13.0. The summed E-state index contributed by atoms with van der Waals surface area (Å²) in [5.41, 5.74) is 2.27. The van der Waals surface area contributed by atoms with Crippen molar-refractivity contribution in [3.05, 3.63) is 77.1 Å². The van der Waals surface area contributed by atoms with Gasteiger partial charge in [-0.1, -0.05) is 48.2 Å². The molecule has 1 N–H and O–H groups in total. The number of allylic oxidation sites excluding steroid dienone is 1. The number of carbonyl (C=O) groups is 1. The Morgan fingerprint density at radius 3 is 2.70 bits per heavy atom. The Balaban J connectivity index is 1.89. The van der Waals surface area contributed by atoms with Gasteiger partial charge in [0.05, 0.1) is 16.2 Å². The first kappa shape index (κ1) is 18.9. The number of nitrogens with zero attached hydrogens (tertiary/aromatic N) is 2. The lowest BCUT2D eigenvalue weighted by Crippen LogP contribution is -2.27. The van der Waals surface area contributed by atoms with E-state index in [0.29, 0.717) is 22.6 Å². The van der Waals surface area contributed by atoms with Crippen molar-refractivity contribution in [3.63, 3.8) is 0 Å². The van der Waals surface area contributed by atoms with Gasteiger partial charge in [0, 0.05) is 12.2 Å². The molecule has 0 fully saturated rings. The van der Waals surface area contributed by atoms with E-state index in [9.17, 15) is 9.59 Å². The lowest BCUT2D eigenvalue weighted by molar-refractivity contribution is -0.115. The zero-order chi connectivity index (χ0) is 19.4. The van der Waals surface area contributed by atoms with Crippen LogP contribution in [0.15, 0.2) is 71.1 Å². The van der Waals surface area contributed by atoms with Crippen LogP contribution < -0.4 is 10.9 Å². The molecule has 1 aromatic heterocycles. The SMILES string of the molecule is C=CCn1c(SC(C)C(=O)Nc2ccccc2C)nc2ccccc2c1=O. The quantitative estimate of drug-likeness (QED) is 0.399. The third-order valence-corrected chi connectivity index (χ3v) is 5.28. The Labute approximate surface area is 162 Å². The Hall–Kier alpha value is -2.86. The van der Waals surface area contributed by atoms with E-state index in [1.807, 2.05) is 43.3 Å². The maximum Gasteiger partial charge on any atom is 0.262 e. The van der Waals surface area contributed by atoms with Crippen LogP contribution in [0.4, 0.5) is 5.69 Å². The molecule has 0 saturated carbocycles. The minimum Gasteiger partial charge on any atom is -0.325 e. The number of fused-ring (bicyclic) bond motifs is 1. The summed E-state index contributed by atoms with van der Waals surface area (Å²) in [5, 5.41) is 3.58. The molecule has 3 aromatic rings. The summed E-state index contributed by atoms with van der Waals surface area (Å²) < 4.78 is 1.55. The number of amides is 1. The summed E-state index contributed by atoms with van der Waals surface area (Å²) in [7, 11) is 0. The number of hydrogen-bond donors (Lipinski definition) is 1. The molecule has 0 spiro atoms. The Bertz CT molecular complexity index is 1060. The van der Waals surface area contributed by atoms with Crippen molar-refractivity contribution >= 4 is 34.3 Å². The molecule has 3 rings (SSSR count). The third kappa shape index (κ3) is 4.11. The van der Waals surface area contributed by atoms with Gasteiger partial charge in [-0.3, -0.25) is 14.2 Å². The summed E-state index contributed by atoms with van der Waals surface area (Å²) in [5.74, 6) is -0.137. The van der Waals surface area contributed by atoms with Crippen molar-refractivity contribution in [1.82, 2.24) is 9.55 Å². The number of hydrogen-bond acceptors (Lipinski definition) is 4. The smallest absolute Gasteiger partial charge is 0.262 e. The highest BCUT2D eigenvalue weighted by Gasteiger charge is 2.19. The van der Waals surface area contributed by atoms with Crippen molar-refractivity contribution in [2.75, 3.05) is 5.32 Å². The van der Waals surface area contributed by atoms with Gasteiger partial charge in [-0.2, -0.15) is 0 Å². The van der Waals surface area contributed by atoms with Gasteiger partial charge in [0.2, 0.25) is 5.91 Å². The second-order valence-corrected chi connectivity index (χ2v) is 7.49. The van der Waals surface area contributed by atoms with Crippen molar-refractivity contribution in [1.29, 1.82) is 0 Å². The molecular formula is C21H21N3O2S. The first-order valence-corrected chi connectivity index (χ1v) is 9.53. The van der Waals surface area contributed by atoms with Gasteiger partial charge in [-0.05, 0) is 37.6 Å². The zero-order valence-corrected chi connectivity index (χ0v) is 16.1. The van der Waals surface area contributed by atoms with Gasteiger partial charge in [0.1, 0.15) is 0 Å². The number of anilines is 1. The molecule has 138 valence electrons. The fourth-order valence-electron chi connectivity index (χ4n) is 2.69. The number of para-hydroxylation sites is 2. The molecule has 5 nitrogen and oxygen atoms in total. The van der Waals surface area contributed by atoms with E-state index in [2.05, 4.69) is 16.9 Å². The van der Waals surface area contributed by atoms with Crippen LogP contribution in [0, 0.1) is 6.92 Å². The fraction of sp³-hybridized carbons (Fsp3) is 0.190. The molecule has 0 bridgehead atoms.